The summed E-state index contributed by atoms with van der Waals surface area (Å²) in [5, 5.41) is 10.3. The molecule has 0 saturated heterocycles. The maximum Gasteiger partial charge on any atom is 0.306 e. The fraction of sp³-hybridized carbons (Fsp3) is 0.409. The lowest BCUT2D eigenvalue weighted by Crippen LogP contribution is -2.44. The standard InChI is InChI=1S/C44H53ClN2O6/c1-44(2,3)31-47-37-24-23-34(45)29-36(37)41(53-39(43(47)50)30-40(48)49)35-21-11-22-38(42(35)51-4)52-28-14-27-46(25-12-19-32-15-7-5-8-16-32)26-13-20-33-17-9-6-10-18-33/h5-11,15-18,21-24,29,39,41H,12-14,19-20,25-28,30-31H2,1-4H3,(H,48,49). The highest BCUT2D eigenvalue weighted by Gasteiger charge is 2.40. The number of ether oxygens (including phenoxy) is 3. The van der Waals surface area contributed by atoms with Crippen LogP contribution in [0.2, 0.25) is 5.02 Å². The molecule has 0 radical (unpaired) electrons. The summed E-state index contributed by atoms with van der Waals surface area (Å²) in [5.41, 5.74) is 4.34. The summed E-state index contributed by atoms with van der Waals surface area (Å²) in [5.74, 6) is -0.512. The number of carboxylic acids is 1. The number of halogens is 1. The zero-order valence-electron chi connectivity index (χ0n) is 31.4. The summed E-state index contributed by atoms with van der Waals surface area (Å²) in [6.45, 7) is 9.84. The molecule has 4 aromatic carbocycles. The van der Waals surface area contributed by atoms with Crippen molar-refractivity contribution in [2.75, 3.05) is 44.8 Å². The van der Waals surface area contributed by atoms with Gasteiger partial charge in [0.2, 0.25) is 0 Å². The molecule has 1 N–H and O–H groups in total. The van der Waals surface area contributed by atoms with Crippen LogP contribution in [0.4, 0.5) is 5.69 Å². The number of hydrogen-bond donors (Lipinski definition) is 1. The summed E-state index contributed by atoms with van der Waals surface area (Å²) in [6, 6.07) is 32.2. The topological polar surface area (TPSA) is 88.5 Å². The summed E-state index contributed by atoms with van der Waals surface area (Å²) in [6.07, 6.45) is 2.51. The highest BCUT2D eigenvalue weighted by molar-refractivity contribution is 6.30. The van der Waals surface area contributed by atoms with Gasteiger partial charge in [0.1, 0.15) is 12.2 Å². The fourth-order valence-electron chi connectivity index (χ4n) is 6.92. The first-order valence-electron chi connectivity index (χ1n) is 18.6. The number of carboxylic acid groups (broad SMARTS) is 1. The van der Waals surface area contributed by atoms with E-state index in [2.05, 4.69) is 65.6 Å². The zero-order valence-corrected chi connectivity index (χ0v) is 32.2. The molecule has 0 bridgehead atoms. The van der Waals surface area contributed by atoms with Gasteiger partial charge < -0.3 is 29.1 Å². The van der Waals surface area contributed by atoms with Gasteiger partial charge in [0.05, 0.1) is 20.1 Å². The van der Waals surface area contributed by atoms with E-state index in [0.29, 0.717) is 46.5 Å². The van der Waals surface area contributed by atoms with Crippen molar-refractivity contribution in [1.29, 1.82) is 0 Å². The number of carbonyl (C=O) groups is 2. The number of para-hydroxylation sites is 1. The monoisotopic (exact) mass is 740 g/mol. The number of aliphatic carboxylic acids is 1. The molecule has 1 aliphatic rings. The van der Waals surface area contributed by atoms with Gasteiger partial charge in [0.25, 0.3) is 5.91 Å². The lowest BCUT2D eigenvalue weighted by Gasteiger charge is -2.31. The smallest absolute Gasteiger partial charge is 0.306 e. The van der Waals surface area contributed by atoms with Crippen LogP contribution in [0, 0.1) is 5.41 Å². The molecular formula is C44H53ClN2O6. The molecular weight excluding hydrogens is 688 g/mol. The summed E-state index contributed by atoms with van der Waals surface area (Å²) < 4.78 is 18.8. The Kier molecular flexibility index (Phi) is 14.4. The predicted molar refractivity (Wildman–Crippen MR) is 211 cm³/mol. The van der Waals surface area contributed by atoms with Gasteiger partial charge in [0, 0.05) is 34.9 Å². The van der Waals surface area contributed by atoms with Crippen molar-refractivity contribution in [3.8, 4) is 11.5 Å². The third-order valence-electron chi connectivity index (χ3n) is 9.33. The minimum atomic E-state index is -1.23. The van der Waals surface area contributed by atoms with E-state index in [4.69, 9.17) is 25.8 Å². The number of rotatable bonds is 18. The Labute approximate surface area is 319 Å². The molecule has 0 aliphatic carbocycles. The Morgan fingerprint density at radius 2 is 1.47 bits per heavy atom. The molecule has 8 nitrogen and oxygen atoms in total. The van der Waals surface area contributed by atoms with Gasteiger partial charge in [-0.25, -0.2) is 0 Å². The molecule has 5 rings (SSSR count). The van der Waals surface area contributed by atoms with Crippen LogP contribution in [-0.4, -0.2) is 67.9 Å². The molecule has 282 valence electrons. The fourth-order valence-corrected chi connectivity index (χ4v) is 7.10. The highest BCUT2D eigenvalue weighted by atomic mass is 35.5. The van der Waals surface area contributed by atoms with E-state index in [-0.39, 0.29) is 5.41 Å². The Hall–Kier alpha value is -4.37. The van der Waals surface area contributed by atoms with E-state index in [0.717, 1.165) is 51.7 Å². The van der Waals surface area contributed by atoms with Gasteiger partial charge in [-0.1, -0.05) is 105 Å². The van der Waals surface area contributed by atoms with Gasteiger partial charge in [-0.05, 0) is 86.0 Å². The summed E-state index contributed by atoms with van der Waals surface area (Å²) >= 11 is 6.55. The van der Waals surface area contributed by atoms with Crippen molar-refractivity contribution in [3.63, 3.8) is 0 Å². The Balaban J connectivity index is 1.32. The molecule has 2 unspecified atom stereocenters. The average Bonchev–Trinajstić information content (AvgIpc) is 3.23. The molecule has 4 aromatic rings. The maximum atomic E-state index is 14.0. The van der Waals surface area contributed by atoms with Gasteiger partial charge in [-0.15, -0.1) is 0 Å². The first-order chi connectivity index (χ1) is 25.5. The van der Waals surface area contributed by atoms with Crippen LogP contribution < -0.4 is 14.4 Å². The number of nitrogens with zero attached hydrogens (tertiary/aromatic N) is 2. The number of fused-ring (bicyclic) bond motifs is 1. The Bertz CT molecular complexity index is 1730. The number of carbonyl (C=O) groups excluding carboxylic acids is 1. The molecule has 0 spiro atoms. The Morgan fingerprint density at radius 3 is 2.06 bits per heavy atom. The van der Waals surface area contributed by atoms with Crippen molar-refractivity contribution in [2.45, 2.75) is 71.5 Å². The van der Waals surface area contributed by atoms with Crippen LogP contribution in [0.15, 0.2) is 97.1 Å². The summed E-state index contributed by atoms with van der Waals surface area (Å²) in [4.78, 5) is 30.1. The molecule has 2 atom stereocenters. The van der Waals surface area contributed by atoms with Crippen molar-refractivity contribution in [3.05, 3.63) is 124 Å². The van der Waals surface area contributed by atoms with Gasteiger partial charge in [-0.2, -0.15) is 0 Å². The second-order valence-electron chi connectivity index (χ2n) is 14.9. The van der Waals surface area contributed by atoms with Crippen LogP contribution in [0.1, 0.15) is 74.8 Å². The molecule has 1 amide bonds. The van der Waals surface area contributed by atoms with E-state index in [9.17, 15) is 14.7 Å². The molecule has 53 heavy (non-hydrogen) atoms. The number of hydrogen-bond acceptors (Lipinski definition) is 6. The van der Waals surface area contributed by atoms with Crippen LogP contribution in [0.5, 0.6) is 11.5 Å². The van der Waals surface area contributed by atoms with Crippen molar-refractivity contribution in [2.24, 2.45) is 5.41 Å². The van der Waals surface area contributed by atoms with Crippen LogP contribution in [0.3, 0.4) is 0 Å². The second-order valence-corrected chi connectivity index (χ2v) is 15.3. The highest BCUT2D eigenvalue weighted by Crippen LogP contribution is 2.45. The molecule has 1 aliphatic heterocycles. The third kappa shape index (κ3) is 11.6. The van der Waals surface area contributed by atoms with E-state index >= 15 is 0 Å². The normalized spacial score (nSPS) is 16.0. The zero-order chi connectivity index (χ0) is 37.8. The third-order valence-corrected chi connectivity index (χ3v) is 9.57. The molecule has 0 aromatic heterocycles. The average molecular weight is 741 g/mol. The predicted octanol–water partition coefficient (Wildman–Crippen LogP) is 9.03. The Morgan fingerprint density at radius 1 is 0.849 bits per heavy atom. The van der Waals surface area contributed by atoms with Gasteiger partial charge in [-0.3, -0.25) is 9.59 Å². The quantitative estimate of drug-likeness (QED) is 0.102. The minimum Gasteiger partial charge on any atom is -0.492 e. The molecule has 0 saturated carbocycles. The van der Waals surface area contributed by atoms with Crippen molar-refractivity contribution >= 4 is 29.2 Å². The summed E-state index contributed by atoms with van der Waals surface area (Å²) in [7, 11) is 1.58. The molecule has 9 heteroatoms. The van der Waals surface area contributed by atoms with E-state index in [1.54, 1.807) is 30.2 Å². The molecule has 1 heterocycles. The maximum absolute atomic E-state index is 14.0. The lowest BCUT2D eigenvalue weighted by molar-refractivity contribution is -0.147. The SMILES string of the molecule is COc1c(OCCCN(CCCc2ccccc2)CCCc2ccccc2)cccc1C1OC(CC(=O)O)C(=O)N(CC(C)(C)C)c2ccc(Cl)cc21. The van der Waals surface area contributed by atoms with E-state index < -0.39 is 30.5 Å². The van der Waals surface area contributed by atoms with Gasteiger partial charge in [0.15, 0.2) is 11.5 Å². The number of aryl methyl sites for hydroxylation is 2. The largest absolute Gasteiger partial charge is 0.492 e. The number of amides is 1. The first-order valence-corrected chi connectivity index (χ1v) is 19.0. The minimum absolute atomic E-state index is 0.273. The second kappa shape index (κ2) is 19.1. The van der Waals surface area contributed by atoms with E-state index in [1.807, 2.05) is 39.0 Å². The number of methoxy groups -OCH3 is 1. The van der Waals surface area contributed by atoms with Crippen LogP contribution in [-0.2, 0) is 27.2 Å². The lowest BCUT2D eigenvalue weighted by atomic mass is 9.94. The molecule has 0 fully saturated rings. The van der Waals surface area contributed by atoms with E-state index in [1.165, 1.54) is 11.1 Å². The number of anilines is 1. The van der Waals surface area contributed by atoms with Crippen molar-refractivity contribution < 1.29 is 28.9 Å². The van der Waals surface area contributed by atoms with Gasteiger partial charge >= 0.3 is 5.97 Å². The number of benzene rings is 4. The van der Waals surface area contributed by atoms with Crippen LogP contribution in [0.25, 0.3) is 0 Å². The van der Waals surface area contributed by atoms with Crippen LogP contribution >= 0.6 is 11.6 Å². The first kappa shape index (κ1) is 39.8. The van der Waals surface area contributed by atoms with Crippen molar-refractivity contribution in [1.82, 2.24) is 4.90 Å².